The molecular weight excluding hydrogens is 364 g/mol. The summed E-state index contributed by atoms with van der Waals surface area (Å²) in [5.41, 5.74) is 0.797. The standard InChI is InChI=1S/C18H26N6O2S/c1-12-20-21-16-19-15(14-13(24(12)16)6-5-11-27-14)22-7-9-23(10-8-22)17(25)26-18(2,3)4/h5-11H2,1-4H3. The molecule has 0 unspecified atom stereocenters. The maximum Gasteiger partial charge on any atom is 0.410 e. The summed E-state index contributed by atoms with van der Waals surface area (Å²) in [7, 11) is 0. The number of thioether (sulfide) groups is 1. The van der Waals surface area contributed by atoms with E-state index >= 15 is 0 Å². The Balaban J connectivity index is 1.57. The van der Waals surface area contributed by atoms with Gasteiger partial charge in [0.1, 0.15) is 17.2 Å². The van der Waals surface area contributed by atoms with Crippen molar-refractivity contribution in [3.05, 3.63) is 11.5 Å². The second-order valence-electron chi connectivity index (χ2n) is 8.00. The van der Waals surface area contributed by atoms with Crippen molar-refractivity contribution in [3.63, 3.8) is 0 Å². The number of nitrogens with zero attached hydrogens (tertiary/aromatic N) is 6. The van der Waals surface area contributed by atoms with Crippen molar-refractivity contribution in [1.82, 2.24) is 24.5 Å². The average molecular weight is 391 g/mol. The highest BCUT2D eigenvalue weighted by molar-refractivity contribution is 7.99. The largest absolute Gasteiger partial charge is 0.444 e. The van der Waals surface area contributed by atoms with Crippen LogP contribution in [0.4, 0.5) is 10.6 Å². The molecule has 4 rings (SSSR count). The molecule has 9 heteroatoms. The minimum absolute atomic E-state index is 0.241. The summed E-state index contributed by atoms with van der Waals surface area (Å²) in [5, 5.41) is 8.46. The molecule has 1 fully saturated rings. The molecule has 0 aliphatic carbocycles. The van der Waals surface area contributed by atoms with Crippen LogP contribution in [0.15, 0.2) is 4.90 Å². The lowest BCUT2D eigenvalue weighted by Gasteiger charge is -2.37. The van der Waals surface area contributed by atoms with E-state index < -0.39 is 5.60 Å². The first kappa shape index (κ1) is 18.3. The van der Waals surface area contributed by atoms with Gasteiger partial charge in [0, 0.05) is 31.9 Å². The fourth-order valence-corrected chi connectivity index (χ4v) is 4.70. The normalized spacial score (nSPS) is 17.9. The highest BCUT2D eigenvalue weighted by Gasteiger charge is 2.29. The number of rotatable bonds is 1. The molecular formula is C18H26N6O2S. The summed E-state index contributed by atoms with van der Waals surface area (Å²) in [4.78, 5) is 22.4. The van der Waals surface area contributed by atoms with Crippen molar-refractivity contribution in [1.29, 1.82) is 0 Å². The predicted octanol–water partition coefficient (Wildman–Crippen LogP) is 2.53. The quantitative estimate of drug-likeness (QED) is 0.740. The fourth-order valence-electron chi connectivity index (χ4n) is 3.54. The summed E-state index contributed by atoms with van der Waals surface area (Å²) in [6.45, 7) is 10.4. The second kappa shape index (κ2) is 6.85. The van der Waals surface area contributed by atoms with E-state index in [9.17, 15) is 4.79 Å². The molecule has 2 aromatic rings. The molecule has 2 aromatic heterocycles. The van der Waals surface area contributed by atoms with Crippen LogP contribution in [0.1, 0.15) is 38.7 Å². The van der Waals surface area contributed by atoms with Crippen LogP contribution in [0.25, 0.3) is 5.78 Å². The van der Waals surface area contributed by atoms with Crippen molar-refractivity contribution < 1.29 is 9.53 Å². The zero-order valence-electron chi connectivity index (χ0n) is 16.4. The lowest BCUT2D eigenvalue weighted by Crippen LogP contribution is -2.50. The van der Waals surface area contributed by atoms with Gasteiger partial charge in [0.25, 0.3) is 5.78 Å². The second-order valence-corrected chi connectivity index (χ2v) is 9.11. The SMILES string of the molecule is Cc1nnc2nc(N3CCN(C(=O)OC(C)(C)C)CC3)c3c(n12)CCCS3. The molecule has 2 aliphatic rings. The third-order valence-corrected chi connectivity index (χ3v) is 5.98. The van der Waals surface area contributed by atoms with Gasteiger partial charge in [0.05, 0.1) is 4.90 Å². The van der Waals surface area contributed by atoms with Crippen molar-refractivity contribution in [2.75, 3.05) is 36.8 Å². The van der Waals surface area contributed by atoms with Crippen molar-refractivity contribution in [3.8, 4) is 0 Å². The first-order valence-electron chi connectivity index (χ1n) is 9.44. The number of piperazine rings is 1. The summed E-state index contributed by atoms with van der Waals surface area (Å²) in [5.74, 6) is 3.64. The molecule has 0 spiro atoms. The fraction of sp³-hybridized carbons (Fsp3) is 0.667. The Morgan fingerprint density at radius 3 is 2.59 bits per heavy atom. The van der Waals surface area contributed by atoms with E-state index in [4.69, 9.17) is 9.72 Å². The van der Waals surface area contributed by atoms with Gasteiger partial charge in [-0.3, -0.25) is 4.40 Å². The summed E-state index contributed by atoms with van der Waals surface area (Å²) in [6, 6.07) is 0. The van der Waals surface area contributed by atoms with Gasteiger partial charge in [-0.25, -0.2) is 4.79 Å². The van der Waals surface area contributed by atoms with Gasteiger partial charge in [0.2, 0.25) is 0 Å². The van der Waals surface area contributed by atoms with Gasteiger partial charge in [-0.05, 0) is 46.3 Å². The van der Waals surface area contributed by atoms with E-state index in [0.717, 1.165) is 43.3 Å². The van der Waals surface area contributed by atoms with Crippen LogP contribution in [0.5, 0.6) is 0 Å². The third-order valence-electron chi connectivity index (χ3n) is 4.78. The van der Waals surface area contributed by atoms with Crippen LogP contribution in [-0.2, 0) is 11.2 Å². The molecule has 146 valence electrons. The van der Waals surface area contributed by atoms with Crippen LogP contribution in [0, 0.1) is 6.92 Å². The number of carbonyl (C=O) groups is 1. The molecule has 8 nitrogen and oxygen atoms in total. The average Bonchev–Trinajstić information content (AvgIpc) is 3.01. The Morgan fingerprint density at radius 2 is 1.89 bits per heavy atom. The first-order valence-corrected chi connectivity index (χ1v) is 10.4. The van der Waals surface area contributed by atoms with Crippen molar-refractivity contribution in [2.24, 2.45) is 0 Å². The van der Waals surface area contributed by atoms with E-state index in [0.29, 0.717) is 18.9 Å². The van der Waals surface area contributed by atoms with Gasteiger partial charge in [0.15, 0.2) is 0 Å². The van der Waals surface area contributed by atoms with Gasteiger partial charge in [-0.1, -0.05) is 0 Å². The molecule has 0 atom stereocenters. The number of amides is 1. The number of fused-ring (bicyclic) bond motifs is 3. The molecule has 2 aliphatic heterocycles. The van der Waals surface area contributed by atoms with E-state index in [1.165, 1.54) is 10.6 Å². The molecule has 1 saturated heterocycles. The molecule has 1 amide bonds. The summed E-state index contributed by atoms with van der Waals surface area (Å²) >= 11 is 1.87. The number of ether oxygens (including phenoxy) is 1. The number of carbonyl (C=O) groups excluding carboxylic acids is 1. The minimum Gasteiger partial charge on any atom is -0.444 e. The Morgan fingerprint density at radius 1 is 1.15 bits per heavy atom. The summed E-state index contributed by atoms with van der Waals surface area (Å²) in [6.07, 6.45) is 1.93. The Hall–Kier alpha value is -2.03. The third kappa shape index (κ3) is 3.56. The molecule has 0 bridgehead atoms. The van der Waals surface area contributed by atoms with Crippen LogP contribution in [0.2, 0.25) is 0 Å². The Bertz CT molecular complexity index is 867. The lowest BCUT2D eigenvalue weighted by molar-refractivity contribution is 0.0240. The van der Waals surface area contributed by atoms with Gasteiger partial charge in [-0.2, -0.15) is 4.98 Å². The van der Waals surface area contributed by atoms with E-state index in [1.54, 1.807) is 4.90 Å². The first-order chi connectivity index (χ1) is 12.8. The van der Waals surface area contributed by atoms with Crippen LogP contribution >= 0.6 is 11.8 Å². The maximum absolute atomic E-state index is 12.3. The molecule has 4 heterocycles. The Labute approximate surface area is 163 Å². The minimum atomic E-state index is -0.470. The number of hydrogen-bond donors (Lipinski definition) is 0. The zero-order valence-corrected chi connectivity index (χ0v) is 17.2. The highest BCUT2D eigenvalue weighted by atomic mass is 32.2. The number of aromatic nitrogens is 4. The Kier molecular flexibility index (Phi) is 4.65. The topological polar surface area (TPSA) is 75.9 Å². The molecule has 0 N–H and O–H groups in total. The monoisotopic (exact) mass is 390 g/mol. The molecule has 0 saturated carbocycles. The van der Waals surface area contributed by atoms with E-state index in [2.05, 4.69) is 19.5 Å². The van der Waals surface area contributed by atoms with Crippen LogP contribution in [-0.4, -0.2) is 68.1 Å². The summed E-state index contributed by atoms with van der Waals surface area (Å²) < 4.78 is 7.58. The van der Waals surface area contributed by atoms with Crippen LogP contribution < -0.4 is 4.90 Å². The van der Waals surface area contributed by atoms with Gasteiger partial charge in [-0.15, -0.1) is 22.0 Å². The maximum atomic E-state index is 12.3. The van der Waals surface area contributed by atoms with Crippen molar-refractivity contribution in [2.45, 2.75) is 51.0 Å². The number of hydrogen-bond acceptors (Lipinski definition) is 7. The van der Waals surface area contributed by atoms with Crippen molar-refractivity contribution >= 4 is 29.5 Å². The predicted molar refractivity (Wildman–Crippen MR) is 105 cm³/mol. The number of aryl methyl sites for hydroxylation is 2. The molecule has 0 aromatic carbocycles. The smallest absolute Gasteiger partial charge is 0.410 e. The van der Waals surface area contributed by atoms with Gasteiger partial charge < -0.3 is 14.5 Å². The van der Waals surface area contributed by atoms with E-state index in [-0.39, 0.29) is 6.09 Å². The molecule has 27 heavy (non-hydrogen) atoms. The number of anilines is 1. The van der Waals surface area contributed by atoms with E-state index in [1.807, 2.05) is 39.5 Å². The molecule has 0 radical (unpaired) electrons. The zero-order chi connectivity index (χ0) is 19.2. The van der Waals surface area contributed by atoms with Gasteiger partial charge >= 0.3 is 6.09 Å². The lowest BCUT2D eigenvalue weighted by atomic mass is 10.2. The highest BCUT2D eigenvalue weighted by Crippen LogP contribution is 2.37. The van der Waals surface area contributed by atoms with Crippen LogP contribution in [0.3, 0.4) is 0 Å².